The van der Waals surface area contributed by atoms with Crippen molar-refractivity contribution in [1.82, 2.24) is 5.32 Å². The minimum absolute atomic E-state index is 0.237. The number of nitrogens with two attached hydrogens (primary N) is 1. The van der Waals surface area contributed by atoms with E-state index in [0.717, 1.165) is 17.7 Å². The number of nitrogen functional groups attached to an aromatic ring is 1. The Labute approximate surface area is 117 Å². The molecule has 20 heavy (non-hydrogen) atoms. The van der Waals surface area contributed by atoms with E-state index in [0.29, 0.717) is 23.7 Å². The minimum atomic E-state index is -0.237. The number of benzene rings is 1. The van der Waals surface area contributed by atoms with Crippen LogP contribution in [0.1, 0.15) is 28.8 Å². The van der Waals surface area contributed by atoms with Crippen molar-refractivity contribution >= 4 is 11.6 Å². The normalized spacial score (nSPS) is 10.3. The van der Waals surface area contributed by atoms with Gasteiger partial charge in [-0.15, -0.1) is 0 Å². The largest absolute Gasteiger partial charge is 0.495 e. The van der Waals surface area contributed by atoms with E-state index in [-0.39, 0.29) is 5.91 Å². The van der Waals surface area contributed by atoms with Crippen LogP contribution >= 0.6 is 0 Å². The lowest BCUT2D eigenvalue weighted by Gasteiger charge is -2.08. The molecular formula is C15H18N2O3. The van der Waals surface area contributed by atoms with Gasteiger partial charge in [0.2, 0.25) is 0 Å². The lowest BCUT2D eigenvalue weighted by atomic mass is 10.2. The highest BCUT2D eigenvalue weighted by molar-refractivity contribution is 5.91. The summed E-state index contributed by atoms with van der Waals surface area (Å²) in [5.41, 5.74) is 7.26. The smallest absolute Gasteiger partial charge is 0.287 e. The Morgan fingerprint density at radius 1 is 1.35 bits per heavy atom. The highest BCUT2D eigenvalue weighted by atomic mass is 16.5. The number of amides is 1. The Balaban J connectivity index is 1.97. The van der Waals surface area contributed by atoms with Gasteiger partial charge in [-0.1, -0.05) is 13.0 Å². The summed E-state index contributed by atoms with van der Waals surface area (Å²) in [4.78, 5) is 11.9. The summed E-state index contributed by atoms with van der Waals surface area (Å²) < 4.78 is 10.5. The number of ether oxygens (including phenoxy) is 1. The standard InChI is InChI=1S/C15H18N2O3/c1-3-11-5-7-14(20-11)15(18)17-9-10-4-6-13(19-2)12(16)8-10/h4-8H,3,9,16H2,1-2H3,(H,17,18). The minimum Gasteiger partial charge on any atom is -0.495 e. The first-order valence-corrected chi connectivity index (χ1v) is 6.43. The van der Waals surface area contributed by atoms with E-state index in [1.54, 1.807) is 31.4 Å². The van der Waals surface area contributed by atoms with E-state index in [1.165, 1.54) is 0 Å². The highest BCUT2D eigenvalue weighted by Gasteiger charge is 2.10. The molecular weight excluding hydrogens is 256 g/mol. The zero-order chi connectivity index (χ0) is 14.5. The van der Waals surface area contributed by atoms with Crippen LogP contribution in [0.2, 0.25) is 0 Å². The molecule has 1 aromatic carbocycles. The fourth-order valence-electron chi connectivity index (χ4n) is 1.85. The molecule has 0 saturated heterocycles. The Hall–Kier alpha value is -2.43. The van der Waals surface area contributed by atoms with E-state index in [9.17, 15) is 4.79 Å². The number of methoxy groups -OCH3 is 1. The third kappa shape index (κ3) is 3.12. The van der Waals surface area contributed by atoms with Crippen molar-refractivity contribution in [2.24, 2.45) is 0 Å². The van der Waals surface area contributed by atoms with Crippen LogP contribution in [0, 0.1) is 0 Å². The average Bonchev–Trinajstić information content (AvgIpc) is 2.94. The molecule has 0 bridgehead atoms. The number of carbonyl (C=O) groups excluding carboxylic acids is 1. The van der Waals surface area contributed by atoms with Crippen LogP contribution < -0.4 is 15.8 Å². The second-order valence-corrected chi connectivity index (χ2v) is 4.38. The van der Waals surface area contributed by atoms with Gasteiger partial charge in [0.1, 0.15) is 11.5 Å². The number of hydrogen-bond acceptors (Lipinski definition) is 4. The van der Waals surface area contributed by atoms with E-state index < -0.39 is 0 Å². The zero-order valence-electron chi connectivity index (χ0n) is 11.6. The van der Waals surface area contributed by atoms with Gasteiger partial charge in [-0.25, -0.2) is 0 Å². The van der Waals surface area contributed by atoms with Crippen LogP contribution in [-0.2, 0) is 13.0 Å². The molecule has 0 unspecified atom stereocenters. The molecule has 0 atom stereocenters. The van der Waals surface area contributed by atoms with Gasteiger partial charge in [0, 0.05) is 13.0 Å². The van der Waals surface area contributed by atoms with E-state index in [2.05, 4.69) is 5.32 Å². The SMILES string of the molecule is CCc1ccc(C(=O)NCc2ccc(OC)c(N)c2)o1. The molecule has 0 fully saturated rings. The molecule has 0 aliphatic rings. The van der Waals surface area contributed by atoms with Gasteiger partial charge in [-0.05, 0) is 29.8 Å². The molecule has 0 spiro atoms. The molecule has 0 radical (unpaired) electrons. The van der Waals surface area contributed by atoms with Gasteiger partial charge in [0.05, 0.1) is 12.8 Å². The molecule has 0 aliphatic heterocycles. The van der Waals surface area contributed by atoms with E-state index in [4.69, 9.17) is 14.9 Å². The fraction of sp³-hybridized carbons (Fsp3) is 0.267. The van der Waals surface area contributed by atoms with Crippen molar-refractivity contribution in [3.05, 3.63) is 47.4 Å². The molecule has 5 heteroatoms. The van der Waals surface area contributed by atoms with Crippen molar-refractivity contribution in [3.63, 3.8) is 0 Å². The molecule has 3 N–H and O–H groups in total. The van der Waals surface area contributed by atoms with Crippen molar-refractivity contribution in [1.29, 1.82) is 0 Å². The van der Waals surface area contributed by atoms with E-state index >= 15 is 0 Å². The fourth-order valence-corrected chi connectivity index (χ4v) is 1.85. The Morgan fingerprint density at radius 3 is 2.75 bits per heavy atom. The predicted molar refractivity (Wildman–Crippen MR) is 76.7 cm³/mol. The van der Waals surface area contributed by atoms with E-state index in [1.807, 2.05) is 13.0 Å². The summed E-state index contributed by atoms with van der Waals surface area (Å²) in [6.45, 7) is 2.36. The van der Waals surface area contributed by atoms with Crippen molar-refractivity contribution in [3.8, 4) is 5.75 Å². The maximum atomic E-state index is 11.9. The molecule has 2 aromatic rings. The highest BCUT2D eigenvalue weighted by Crippen LogP contribution is 2.21. The summed E-state index contributed by atoms with van der Waals surface area (Å²) in [5, 5.41) is 2.79. The van der Waals surface area contributed by atoms with Crippen molar-refractivity contribution in [2.75, 3.05) is 12.8 Å². The van der Waals surface area contributed by atoms with Crippen LogP contribution in [0.4, 0.5) is 5.69 Å². The second kappa shape index (κ2) is 6.14. The third-order valence-electron chi connectivity index (χ3n) is 2.98. The van der Waals surface area contributed by atoms with Gasteiger partial charge in [0.15, 0.2) is 5.76 Å². The molecule has 5 nitrogen and oxygen atoms in total. The van der Waals surface area contributed by atoms with Gasteiger partial charge in [-0.3, -0.25) is 4.79 Å². The number of nitrogens with one attached hydrogen (secondary N) is 1. The summed E-state index contributed by atoms with van der Waals surface area (Å²) in [6, 6.07) is 8.89. The van der Waals surface area contributed by atoms with Gasteiger partial charge in [0.25, 0.3) is 5.91 Å². The zero-order valence-corrected chi connectivity index (χ0v) is 11.6. The Kier molecular flexibility index (Phi) is 4.30. The summed E-state index contributed by atoms with van der Waals surface area (Å²) in [6.07, 6.45) is 0.766. The molecule has 106 valence electrons. The predicted octanol–water partition coefficient (Wildman–Crippen LogP) is 2.36. The first kappa shape index (κ1) is 14.0. The molecule has 1 amide bonds. The monoisotopic (exact) mass is 274 g/mol. The number of furan rings is 1. The Bertz CT molecular complexity index is 605. The van der Waals surface area contributed by atoms with Crippen LogP contribution in [0.15, 0.2) is 34.7 Å². The molecule has 1 heterocycles. The van der Waals surface area contributed by atoms with Crippen molar-refractivity contribution in [2.45, 2.75) is 19.9 Å². The van der Waals surface area contributed by atoms with Crippen LogP contribution in [0.3, 0.4) is 0 Å². The Morgan fingerprint density at radius 2 is 2.15 bits per heavy atom. The quantitative estimate of drug-likeness (QED) is 0.820. The van der Waals surface area contributed by atoms with Gasteiger partial charge >= 0.3 is 0 Å². The molecule has 2 rings (SSSR count). The van der Waals surface area contributed by atoms with Crippen molar-refractivity contribution < 1.29 is 13.9 Å². The van der Waals surface area contributed by atoms with Gasteiger partial charge in [-0.2, -0.15) is 0 Å². The van der Waals surface area contributed by atoms with Gasteiger partial charge < -0.3 is 20.2 Å². The molecule has 0 aliphatic carbocycles. The number of hydrogen-bond donors (Lipinski definition) is 2. The number of anilines is 1. The molecule has 0 saturated carbocycles. The molecule has 1 aromatic heterocycles. The van der Waals surface area contributed by atoms with Crippen LogP contribution in [0.5, 0.6) is 5.75 Å². The van der Waals surface area contributed by atoms with Crippen LogP contribution in [0.25, 0.3) is 0 Å². The summed E-state index contributed by atoms with van der Waals surface area (Å²) in [7, 11) is 1.56. The lowest BCUT2D eigenvalue weighted by molar-refractivity contribution is 0.0921. The first-order valence-electron chi connectivity index (χ1n) is 6.43. The lowest BCUT2D eigenvalue weighted by Crippen LogP contribution is -2.22. The topological polar surface area (TPSA) is 77.5 Å². The number of rotatable bonds is 5. The number of aryl methyl sites for hydroxylation is 1. The number of carbonyl (C=O) groups is 1. The summed E-state index contributed by atoms with van der Waals surface area (Å²) >= 11 is 0. The second-order valence-electron chi connectivity index (χ2n) is 4.38. The maximum Gasteiger partial charge on any atom is 0.287 e. The van der Waals surface area contributed by atoms with Crippen LogP contribution in [-0.4, -0.2) is 13.0 Å². The third-order valence-corrected chi connectivity index (χ3v) is 2.98. The maximum absolute atomic E-state index is 11.9. The first-order chi connectivity index (χ1) is 9.63. The average molecular weight is 274 g/mol. The summed E-state index contributed by atoms with van der Waals surface area (Å²) in [5.74, 6) is 1.50.